The molecular weight excluding hydrogens is 270 g/mol. The highest BCUT2D eigenvalue weighted by atomic mass is 16.2. The van der Waals surface area contributed by atoms with Crippen LogP contribution in [0.3, 0.4) is 0 Å². The van der Waals surface area contributed by atoms with Crippen molar-refractivity contribution < 1.29 is 14.4 Å². The number of hydrogen-bond acceptors (Lipinski definition) is 3. The lowest BCUT2D eigenvalue weighted by molar-refractivity contribution is -0.132. The van der Waals surface area contributed by atoms with Gasteiger partial charge in [-0.1, -0.05) is 19.9 Å². The Kier molecular flexibility index (Phi) is 6.39. The maximum absolute atomic E-state index is 12.1. The molecule has 21 heavy (non-hydrogen) atoms. The highest BCUT2D eigenvalue weighted by Gasteiger charge is 2.25. The average molecular weight is 295 g/mol. The molecule has 1 aliphatic heterocycles. The molecule has 1 heterocycles. The van der Waals surface area contributed by atoms with Crippen molar-refractivity contribution >= 4 is 18.2 Å². The van der Waals surface area contributed by atoms with Gasteiger partial charge in [-0.3, -0.25) is 14.4 Å². The first-order chi connectivity index (χ1) is 9.88. The molecule has 0 bridgehead atoms. The van der Waals surface area contributed by atoms with Crippen LogP contribution in [0.25, 0.3) is 0 Å². The molecule has 1 rings (SSSR count). The summed E-state index contributed by atoms with van der Waals surface area (Å²) in [6, 6.07) is -0.170. The standard InChI is InChI=1S/C15H25N3O3/c1-11(2)13(17(4)14(20)9-16-10-19)8-12(3)15(21)18-6-5-7-18/h8,10-11,13H,5-7,9H2,1-4H3,(H,16,19)/t13-/m1/s1. The van der Waals surface area contributed by atoms with Crippen molar-refractivity contribution in [3.05, 3.63) is 11.6 Å². The van der Waals surface area contributed by atoms with Gasteiger partial charge in [-0.05, 0) is 19.3 Å². The summed E-state index contributed by atoms with van der Waals surface area (Å²) >= 11 is 0. The third-order valence-electron chi connectivity index (χ3n) is 3.76. The van der Waals surface area contributed by atoms with Crippen LogP contribution in [0.1, 0.15) is 27.2 Å². The van der Waals surface area contributed by atoms with E-state index >= 15 is 0 Å². The third-order valence-corrected chi connectivity index (χ3v) is 3.76. The van der Waals surface area contributed by atoms with Crippen LogP contribution in [0.2, 0.25) is 0 Å². The molecular formula is C15H25N3O3. The van der Waals surface area contributed by atoms with Gasteiger partial charge in [-0.2, -0.15) is 0 Å². The highest BCUT2D eigenvalue weighted by Crippen LogP contribution is 2.16. The second-order valence-electron chi connectivity index (χ2n) is 5.73. The van der Waals surface area contributed by atoms with E-state index in [0.29, 0.717) is 12.0 Å². The maximum Gasteiger partial charge on any atom is 0.249 e. The van der Waals surface area contributed by atoms with Gasteiger partial charge in [0, 0.05) is 25.7 Å². The van der Waals surface area contributed by atoms with Gasteiger partial charge >= 0.3 is 0 Å². The smallest absolute Gasteiger partial charge is 0.249 e. The number of hydrogen-bond donors (Lipinski definition) is 1. The molecule has 6 heteroatoms. The Morgan fingerprint density at radius 1 is 1.33 bits per heavy atom. The molecule has 0 aromatic carbocycles. The van der Waals surface area contributed by atoms with Crippen molar-refractivity contribution in [3.8, 4) is 0 Å². The Hall–Kier alpha value is -1.85. The molecule has 0 aliphatic carbocycles. The SMILES string of the molecule is CC(=C[C@H](C(C)C)N(C)C(=O)CNC=O)C(=O)N1CCC1. The van der Waals surface area contributed by atoms with Crippen molar-refractivity contribution in [2.45, 2.75) is 33.2 Å². The van der Waals surface area contributed by atoms with Crippen molar-refractivity contribution in [1.29, 1.82) is 0 Å². The number of amides is 3. The van der Waals surface area contributed by atoms with E-state index in [4.69, 9.17) is 0 Å². The van der Waals surface area contributed by atoms with Gasteiger partial charge in [0.15, 0.2) is 0 Å². The minimum absolute atomic E-state index is 0.0316. The van der Waals surface area contributed by atoms with Gasteiger partial charge in [0.05, 0.1) is 12.6 Å². The molecule has 1 saturated heterocycles. The summed E-state index contributed by atoms with van der Waals surface area (Å²) in [5.41, 5.74) is 0.663. The van der Waals surface area contributed by atoms with Crippen LogP contribution in [0.4, 0.5) is 0 Å². The monoisotopic (exact) mass is 295 g/mol. The van der Waals surface area contributed by atoms with E-state index in [1.54, 1.807) is 23.8 Å². The molecule has 0 saturated carbocycles. The first kappa shape index (κ1) is 17.2. The van der Waals surface area contributed by atoms with Gasteiger partial charge < -0.3 is 15.1 Å². The lowest BCUT2D eigenvalue weighted by Crippen LogP contribution is -2.45. The molecule has 1 fully saturated rings. The van der Waals surface area contributed by atoms with Gasteiger partial charge in [0.1, 0.15) is 0 Å². The van der Waals surface area contributed by atoms with Crippen molar-refractivity contribution in [1.82, 2.24) is 15.1 Å². The molecule has 118 valence electrons. The fraction of sp³-hybridized carbons (Fsp3) is 0.667. The Balaban J connectivity index is 2.77. The summed E-state index contributed by atoms with van der Waals surface area (Å²) in [4.78, 5) is 37.8. The highest BCUT2D eigenvalue weighted by molar-refractivity contribution is 5.93. The quantitative estimate of drug-likeness (QED) is 0.546. The van der Waals surface area contributed by atoms with Crippen LogP contribution in [-0.4, -0.2) is 60.7 Å². The number of nitrogens with one attached hydrogen (secondary N) is 1. The van der Waals surface area contributed by atoms with Crippen LogP contribution < -0.4 is 5.32 Å². The van der Waals surface area contributed by atoms with E-state index in [9.17, 15) is 14.4 Å². The number of carbonyl (C=O) groups is 3. The Labute approximate surface area is 126 Å². The Morgan fingerprint density at radius 3 is 2.38 bits per heavy atom. The third kappa shape index (κ3) is 4.58. The number of likely N-dealkylation sites (N-methyl/N-ethyl adjacent to an activating group) is 1. The van der Waals surface area contributed by atoms with Crippen LogP contribution in [-0.2, 0) is 14.4 Å². The molecule has 0 aromatic rings. The summed E-state index contributed by atoms with van der Waals surface area (Å²) in [6.45, 7) is 7.38. The average Bonchev–Trinajstić information content (AvgIpc) is 2.38. The van der Waals surface area contributed by atoms with Gasteiger partial charge in [0.2, 0.25) is 18.2 Å². The van der Waals surface area contributed by atoms with E-state index < -0.39 is 0 Å². The molecule has 0 unspecified atom stereocenters. The normalized spacial score (nSPS) is 16.2. The Morgan fingerprint density at radius 2 is 1.95 bits per heavy atom. The van der Waals surface area contributed by atoms with E-state index in [0.717, 1.165) is 19.5 Å². The zero-order valence-corrected chi connectivity index (χ0v) is 13.3. The minimum Gasteiger partial charge on any atom is -0.350 e. The molecule has 1 N–H and O–H groups in total. The number of likely N-dealkylation sites (tertiary alicyclic amines) is 1. The van der Waals surface area contributed by atoms with E-state index in [2.05, 4.69) is 5.32 Å². The van der Waals surface area contributed by atoms with E-state index in [1.165, 1.54) is 0 Å². The predicted molar refractivity (Wildman–Crippen MR) is 80.4 cm³/mol. The van der Waals surface area contributed by atoms with Crippen molar-refractivity contribution in [2.24, 2.45) is 5.92 Å². The topological polar surface area (TPSA) is 69.7 Å². The van der Waals surface area contributed by atoms with E-state index in [-0.39, 0.29) is 30.3 Å². The molecule has 3 amide bonds. The summed E-state index contributed by atoms with van der Waals surface area (Å²) in [6.07, 6.45) is 3.41. The fourth-order valence-electron chi connectivity index (χ4n) is 2.27. The molecule has 1 aliphatic rings. The van der Waals surface area contributed by atoms with E-state index in [1.807, 2.05) is 19.9 Å². The van der Waals surface area contributed by atoms with Crippen molar-refractivity contribution in [2.75, 3.05) is 26.7 Å². The van der Waals surface area contributed by atoms with Crippen molar-refractivity contribution in [3.63, 3.8) is 0 Å². The zero-order chi connectivity index (χ0) is 16.0. The molecule has 6 nitrogen and oxygen atoms in total. The first-order valence-corrected chi connectivity index (χ1v) is 7.28. The number of nitrogens with zero attached hydrogens (tertiary/aromatic N) is 2. The summed E-state index contributed by atoms with van der Waals surface area (Å²) in [7, 11) is 1.69. The fourth-order valence-corrected chi connectivity index (χ4v) is 2.27. The number of carbonyl (C=O) groups excluding carboxylic acids is 3. The van der Waals surface area contributed by atoms with Crippen LogP contribution in [0.15, 0.2) is 11.6 Å². The minimum atomic E-state index is -0.179. The summed E-state index contributed by atoms with van der Waals surface area (Å²) in [5, 5.41) is 2.37. The second-order valence-corrected chi connectivity index (χ2v) is 5.73. The first-order valence-electron chi connectivity index (χ1n) is 7.28. The largest absolute Gasteiger partial charge is 0.350 e. The zero-order valence-electron chi connectivity index (χ0n) is 13.3. The summed E-state index contributed by atoms with van der Waals surface area (Å²) < 4.78 is 0. The lowest BCUT2D eigenvalue weighted by Gasteiger charge is -2.33. The molecule has 1 atom stereocenters. The van der Waals surface area contributed by atoms with Crippen LogP contribution >= 0.6 is 0 Å². The Bertz CT molecular complexity index is 428. The number of rotatable bonds is 7. The van der Waals surface area contributed by atoms with Crippen LogP contribution in [0.5, 0.6) is 0 Å². The maximum atomic E-state index is 12.1. The molecule has 0 radical (unpaired) electrons. The molecule has 0 aromatic heterocycles. The van der Waals surface area contributed by atoms with Gasteiger partial charge in [0.25, 0.3) is 0 Å². The summed E-state index contributed by atoms with van der Waals surface area (Å²) in [5.74, 6) is 0.0364. The van der Waals surface area contributed by atoms with Gasteiger partial charge in [-0.25, -0.2) is 0 Å². The van der Waals surface area contributed by atoms with Gasteiger partial charge in [-0.15, -0.1) is 0 Å². The lowest BCUT2D eigenvalue weighted by atomic mass is 9.99. The second kappa shape index (κ2) is 7.81. The predicted octanol–water partition coefficient (Wildman–Crippen LogP) is 0.394. The van der Waals surface area contributed by atoms with Crippen LogP contribution in [0, 0.1) is 5.92 Å². The molecule has 0 spiro atoms.